The number of nitrogens with one attached hydrogen (secondary N) is 3. The van der Waals surface area contributed by atoms with Crippen LogP contribution in [0.2, 0.25) is 0 Å². The van der Waals surface area contributed by atoms with Crippen LogP contribution in [0.3, 0.4) is 0 Å². The van der Waals surface area contributed by atoms with Gasteiger partial charge >= 0.3 is 0 Å². The normalized spacial score (nSPS) is 11.0. The lowest BCUT2D eigenvalue weighted by atomic mass is 10.1. The summed E-state index contributed by atoms with van der Waals surface area (Å²) in [5.74, 6) is 0. The fraction of sp³-hybridized carbons (Fsp3) is 0.538. The predicted octanol–water partition coefficient (Wildman–Crippen LogP) is 4.58. The lowest BCUT2D eigenvalue weighted by Crippen LogP contribution is -2.26. The molecule has 2 rings (SSSR count). The first-order valence-electron chi connectivity index (χ1n) is 11.6. The average Bonchev–Trinajstić information content (AvgIpc) is 2.77. The maximum Gasteiger partial charge on any atom is -0.00368 e. The van der Waals surface area contributed by atoms with Gasteiger partial charge in [-0.05, 0) is 102 Å². The van der Waals surface area contributed by atoms with Crippen LogP contribution in [0.25, 0.3) is 0 Å². The van der Waals surface area contributed by atoms with E-state index in [0.29, 0.717) is 0 Å². The molecule has 0 atom stereocenters. The standard InChI is InChI=1S/C26H41N3/c1-3-13-25(14-4-1)17-7-9-19-27-21-11-23-29-24-12-22-28-20-10-8-18-26-15-5-2-6-16-26/h1-6,13-16,27-29H,7-12,17-24H2. The van der Waals surface area contributed by atoms with Crippen LogP contribution in [-0.4, -0.2) is 39.3 Å². The van der Waals surface area contributed by atoms with Crippen LogP contribution in [0, 0.1) is 0 Å². The molecule has 3 N–H and O–H groups in total. The van der Waals surface area contributed by atoms with Gasteiger partial charge in [0.2, 0.25) is 0 Å². The summed E-state index contributed by atoms with van der Waals surface area (Å²) in [6.07, 6.45) is 9.90. The Bertz CT molecular complexity index is 532. The van der Waals surface area contributed by atoms with Crippen molar-refractivity contribution in [1.29, 1.82) is 0 Å². The minimum Gasteiger partial charge on any atom is -0.317 e. The van der Waals surface area contributed by atoms with E-state index in [0.717, 1.165) is 39.3 Å². The van der Waals surface area contributed by atoms with Crippen LogP contribution in [0.1, 0.15) is 49.7 Å². The zero-order valence-corrected chi connectivity index (χ0v) is 18.2. The maximum atomic E-state index is 3.56. The predicted molar refractivity (Wildman–Crippen MR) is 127 cm³/mol. The molecule has 0 radical (unpaired) electrons. The summed E-state index contributed by atoms with van der Waals surface area (Å²) in [5.41, 5.74) is 2.91. The highest BCUT2D eigenvalue weighted by Gasteiger charge is 1.95. The van der Waals surface area contributed by atoms with E-state index in [-0.39, 0.29) is 0 Å². The third kappa shape index (κ3) is 13.2. The molecule has 0 fully saturated rings. The largest absolute Gasteiger partial charge is 0.317 e. The molecule has 2 aromatic rings. The zero-order valence-electron chi connectivity index (χ0n) is 18.2. The maximum absolute atomic E-state index is 3.56. The summed E-state index contributed by atoms with van der Waals surface area (Å²) >= 11 is 0. The Kier molecular flexibility index (Phi) is 14.0. The van der Waals surface area contributed by atoms with E-state index < -0.39 is 0 Å². The van der Waals surface area contributed by atoms with Gasteiger partial charge in [0.1, 0.15) is 0 Å². The summed E-state index contributed by atoms with van der Waals surface area (Å²) in [4.78, 5) is 0. The van der Waals surface area contributed by atoms with Gasteiger partial charge in [0, 0.05) is 0 Å². The van der Waals surface area contributed by atoms with E-state index in [1.807, 2.05) is 0 Å². The number of benzene rings is 2. The van der Waals surface area contributed by atoms with Crippen molar-refractivity contribution in [2.45, 2.75) is 51.4 Å². The van der Waals surface area contributed by atoms with Crippen molar-refractivity contribution in [1.82, 2.24) is 16.0 Å². The molecule has 0 saturated carbocycles. The van der Waals surface area contributed by atoms with E-state index in [4.69, 9.17) is 0 Å². The lowest BCUT2D eigenvalue weighted by Gasteiger charge is -2.08. The van der Waals surface area contributed by atoms with Gasteiger partial charge in [0.05, 0.1) is 0 Å². The van der Waals surface area contributed by atoms with Gasteiger partial charge in [-0.2, -0.15) is 0 Å². The number of unbranched alkanes of at least 4 members (excludes halogenated alkanes) is 2. The van der Waals surface area contributed by atoms with Crippen molar-refractivity contribution < 1.29 is 0 Å². The second kappa shape index (κ2) is 17.2. The van der Waals surface area contributed by atoms with Crippen molar-refractivity contribution in [3.05, 3.63) is 71.8 Å². The minimum absolute atomic E-state index is 1.12. The fourth-order valence-corrected chi connectivity index (χ4v) is 3.50. The molecule has 160 valence electrons. The van der Waals surface area contributed by atoms with Crippen LogP contribution in [0.5, 0.6) is 0 Å². The molecule has 0 amide bonds. The molecule has 0 aliphatic heterocycles. The molecule has 3 heteroatoms. The summed E-state index contributed by atoms with van der Waals surface area (Å²) in [6.45, 7) is 6.76. The number of hydrogen-bond acceptors (Lipinski definition) is 3. The Morgan fingerprint density at radius 2 is 0.724 bits per heavy atom. The van der Waals surface area contributed by atoms with Gasteiger partial charge in [-0.15, -0.1) is 0 Å². The highest BCUT2D eigenvalue weighted by Crippen LogP contribution is 2.04. The minimum atomic E-state index is 1.12. The highest BCUT2D eigenvalue weighted by molar-refractivity contribution is 5.15. The highest BCUT2D eigenvalue weighted by atomic mass is 14.9. The number of aryl methyl sites for hydroxylation is 2. The topological polar surface area (TPSA) is 36.1 Å². The average molecular weight is 396 g/mol. The van der Waals surface area contributed by atoms with Crippen molar-refractivity contribution in [2.75, 3.05) is 39.3 Å². The Morgan fingerprint density at radius 1 is 0.379 bits per heavy atom. The van der Waals surface area contributed by atoms with Crippen LogP contribution >= 0.6 is 0 Å². The van der Waals surface area contributed by atoms with E-state index in [2.05, 4.69) is 76.6 Å². The van der Waals surface area contributed by atoms with Crippen molar-refractivity contribution in [3.8, 4) is 0 Å². The van der Waals surface area contributed by atoms with E-state index >= 15 is 0 Å². The molecule has 0 aliphatic carbocycles. The molecule has 0 unspecified atom stereocenters. The quantitative estimate of drug-likeness (QED) is 0.323. The molecule has 2 aromatic carbocycles. The molecular formula is C26H41N3. The molecule has 0 aliphatic rings. The summed E-state index contributed by atoms with van der Waals surface area (Å²) in [7, 11) is 0. The first-order chi connectivity index (χ1) is 14.4. The van der Waals surface area contributed by atoms with E-state index in [1.54, 1.807) is 0 Å². The molecular weight excluding hydrogens is 354 g/mol. The van der Waals surface area contributed by atoms with Gasteiger partial charge in [0.15, 0.2) is 0 Å². The van der Waals surface area contributed by atoms with Gasteiger partial charge in [-0.3, -0.25) is 0 Å². The Balaban J connectivity index is 1.24. The Labute approximate surface area is 178 Å². The first-order valence-corrected chi connectivity index (χ1v) is 11.6. The summed E-state index contributed by atoms with van der Waals surface area (Å²) in [6, 6.07) is 21.6. The second-order valence-electron chi connectivity index (χ2n) is 7.84. The molecule has 0 aromatic heterocycles. The third-order valence-corrected chi connectivity index (χ3v) is 5.24. The smallest absolute Gasteiger partial charge is 0.00368 e. The van der Waals surface area contributed by atoms with Gasteiger partial charge in [0.25, 0.3) is 0 Å². The monoisotopic (exact) mass is 395 g/mol. The van der Waals surface area contributed by atoms with Gasteiger partial charge in [-0.25, -0.2) is 0 Å². The van der Waals surface area contributed by atoms with Crippen LogP contribution < -0.4 is 16.0 Å². The molecule has 0 heterocycles. The molecule has 0 saturated heterocycles. The zero-order chi connectivity index (χ0) is 20.2. The molecule has 3 nitrogen and oxygen atoms in total. The summed E-state index contributed by atoms with van der Waals surface area (Å²) < 4.78 is 0. The summed E-state index contributed by atoms with van der Waals surface area (Å²) in [5, 5.41) is 10.7. The van der Waals surface area contributed by atoms with E-state index in [9.17, 15) is 0 Å². The van der Waals surface area contributed by atoms with Crippen LogP contribution in [0.15, 0.2) is 60.7 Å². The second-order valence-corrected chi connectivity index (χ2v) is 7.84. The SMILES string of the molecule is c1ccc(CCCCNCCCNCCCNCCCCc2ccccc2)cc1. The molecule has 29 heavy (non-hydrogen) atoms. The van der Waals surface area contributed by atoms with Crippen molar-refractivity contribution in [2.24, 2.45) is 0 Å². The first kappa shape index (κ1) is 23.6. The van der Waals surface area contributed by atoms with Gasteiger partial charge in [-0.1, -0.05) is 60.7 Å². The lowest BCUT2D eigenvalue weighted by molar-refractivity contribution is 0.550. The van der Waals surface area contributed by atoms with Crippen LogP contribution in [0.4, 0.5) is 0 Å². The van der Waals surface area contributed by atoms with Gasteiger partial charge < -0.3 is 16.0 Å². The van der Waals surface area contributed by atoms with Crippen molar-refractivity contribution in [3.63, 3.8) is 0 Å². The van der Waals surface area contributed by atoms with E-state index in [1.165, 1.54) is 62.5 Å². The number of hydrogen-bond donors (Lipinski definition) is 3. The molecule has 0 bridgehead atoms. The molecule has 0 spiro atoms. The number of rotatable bonds is 18. The Morgan fingerprint density at radius 3 is 1.10 bits per heavy atom. The fourth-order valence-electron chi connectivity index (χ4n) is 3.50. The van der Waals surface area contributed by atoms with Crippen molar-refractivity contribution >= 4 is 0 Å². The van der Waals surface area contributed by atoms with Crippen LogP contribution in [-0.2, 0) is 12.8 Å². The third-order valence-electron chi connectivity index (χ3n) is 5.24. The Hall–Kier alpha value is -1.68.